The number of nitrogens with zero attached hydrogens (tertiary/aromatic N) is 2. The van der Waals surface area contributed by atoms with Gasteiger partial charge in [0.05, 0.1) is 5.69 Å². The van der Waals surface area contributed by atoms with Crippen molar-refractivity contribution >= 4 is 0 Å². The van der Waals surface area contributed by atoms with Crippen LogP contribution in [0.1, 0.15) is 69.0 Å². The molecule has 1 heterocycles. The zero-order chi connectivity index (χ0) is 11.8. The van der Waals surface area contributed by atoms with Gasteiger partial charge in [-0.3, -0.25) is 0 Å². The SMILES string of the molecule is CC(C)c1c(OC2CCC2)ncnc1C1CC1. The molecular weight excluding hydrogens is 212 g/mol. The van der Waals surface area contributed by atoms with Crippen molar-refractivity contribution in [2.24, 2.45) is 0 Å². The number of hydrogen-bond acceptors (Lipinski definition) is 3. The van der Waals surface area contributed by atoms with Gasteiger partial charge in [-0.15, -0.1) is 0 Å². The molecule has 17 heavy (non-hydrogen) atoms. The molecule has 0 spiro atoms. The molecule has 0 unspecified atom stereocenters. The topological polar surface area (TPSA) is 35.0 Å². The number of rotatable bonds is 4. The first-order valence-electron chi connectivity index (χ1n) is 6.77. The zero-order valence-corrected chi connectivity index (χ0v) is 10.6. The maximum Gasteiger partial charge on any atom is 0.220 e. The molecule has 0 N–H and O–H groups in total. The van der Waals surface area contributed by atoms with Crippen molar-refractivity contribution in [3.05, 3.63) is 17.6 Å². The zero-order valence-electron chi connectivity index (χ0n) is 10.6. The average molecular weight is 232 g/mol. The van der Waals surface area contributed by atoms with Crippen molar-refractivity contribution < 1.29 is 4.74 Å². The van der Waals surface area contributed by atoms with Crippen LogP contribution in [0.2, 0.25) is 0 Å². The van der Waals surface area contributed by atoms with Crippen LogP contribution in [0.5, 0.6) is 5.88 Å². The van der Waals surface area contributed by atoms with E-state index in [1.54, 1.807) is 6.33 Å². The van der Waals surface area contributed by atoms with Crippen LogP contribution in [-0.2, 0) is 0 Å². The van der Waals surface area contributed by atoms with Gasteiger partial charge >= 0.3 is 0 Å². The van der Waals surface area contributed by atoms with Gasteiger partial charge in [0.25, 0.3) is 0 Å². The Hall–Kier alpha value is -1.12. The van der Waals surface area contributed by atoms with Crippen LogP contribution < -0.4 is 4.74 Å². The van der Waals surface area contributed by atoms with Gasteiger partial charge in [0.1, 0.15) is 12.4 Å². The molecule has 0 bridgehead atoms. The Kier molecular flexibility index (Phi) is 2.77. The van der Waals surface area contributed by atoms with Crippen LogP contribution in [0.3, 0.4) is 0 Å². The Balaban J connectivity index is 1.91. The standard InChI is InChI=1S/C14H20N2O/c1-9(2)12-13(10-6-7-10)15-8-16-14(12)17-11-4-3-5-11/h8-11H,3-7H2,1-2H3. The second kappa shape index (κ2) is 4.28. The summed E-state index contributed by atoms with van der Waals surface area (Å²) in [7, 11) is 0. The molecule has 92 valence electrons. The fraction of sp³-hybridized carbons (Fsp3) is 0.714. The van der Waals surface area contributed by atoms with E-state index < -0.39 is 0 Å². The molecule has 0 atom stereocenters. The van der Waals surface area contributed by atoms with Gasteiger partial charge in [-0.25, -0.2) is 9.97 Å². The molecule has 2 aliphatic carbocycles. The summed E-state index contributed by atoms with van der Waals surface area (Å²) in [5.41, 5.74) is 2.49. The maximum absolute atomic E-state index is 6.01. The molecule has 1 aromatic heterocycles. The number of aromatic nitrogens is 2. The van der Waals surface area contributed by atoms with E-state index in [-0.39, 0.29) is 0 Å². The Morgan fingerprint density at radius 3 is 2.47 bits per heavy atom. The normalized spacial score (nSPS) is 20.4. The van der Waals surface area contributed by atoms with Crippen molar-refractivity contribution in [1.29, 1.82) is 0 Å². The third-order valence-corrected chi connectivity index (χ3v) is 3.75. The molecule has 3 heteroatoms. The molecule has 2 fully saturated rings. The molecule has 1 aromatic rings. The third kappa shape index (κ3) is 2.15. The minimum atomic E-state index is 0.398. The highest BCUT2D eigenvalue weighted by Gasteiger charge is 2.31. The summed E-state index contributed by atoms with van der Waals surface area (Å²) in [6, 6.07) is 0. The fourth-order valence-corrected chi connectivity index (χ4v) is 2.36. The van der Waals surface area contributed by atoms with Crippen LogP contribution in [0.15, 0.2) is 6.33 Å². The molecule has 0 radical (unpaired) electrons. The summed E-state index contributed by atoms with van der Waals surface area (Å²) in [5.74, 6) is 1.96. The van der Waals surface area contributed by atoms with Crippen LogP contribution >= 0.6 is 0 Å². The first-order chi connectivity index (χ1) is 8.25. The van der Waals surface area contributed by atoms with Crippen molar-refractivity contribution in [2.75, 3.05) is 0 Å². The smallest absolute Gasteiger partial charge is 0.220 e. The second-order valence-corrected chi connectivity index (χ2v) is 5.58. The summed E-state index contributed by atoms with van der Waals surface area (Å²) in [6.45, 7) is 4.41. The van der Waals surface area contributed by atoms with Gasteiger partial charge < -0.3 is 4.74 Å². The van der Waals surface area contributed by atoms with Crippen molar-refractivity contribution in [1.82, 2.24) is 9.97 Å². The van der Waals surface area contributed by atoms with Gasteiger partial charge in [0, 0.05) is 11.5 Å². The Bertz CT molecular complexity index is 409. The van der Waals surface area contributed by atoms with E-state index in [1.807, 2.05) is 0 Å². The molecule has 2 aliphatic rings. The van der Waals surface area contributed by atoms with Crippen molar-refractivity contribution in [3.63, 3.8) is 0 Å². The monoisotopic (exact) mass is 232 g/mol. The van der Waals surface area contributed by atoms with Crippen LogP contribution in [0.25, 0.3) is 0 Å². The van der Waals surface area contributed by atoms with E-state index in [4.69, 9.17) is 4.74 Å². The first-order valence-corrected chi connectivity index (χ1v) is 6.77. The Labute approximate surface area is 103 Å². The molecular formula is C14H20N2O. The lowest BCUT2D eigenvalue weighted by Gasteiger charge is -2.27. The quantitative estimate of drug-likeness (QED) is 0.798. The largest absolute Gasteiger partial charge is 0.474 e. The van der Waals surface area contributed by atoms with Gasteiger partial charge in [-0.2, -0.15) is 0 Å². The van der Waals surface area contributed by atoms with Crippen molar-refractivity contribution in [3.8, 4) is 5.88 Å². The first kappa shape index (κ1) is 11.0. The maximum atomic E-state index is 6.01. The van der Waals surface area contributed by atoms with Crippen molar-refractivity contribution in [2.45, 2.75) is 63.9 Å². The van der Waals surface area contributed by atoms with E-state index in [1.165, 1.54) is 43.4 Å². The molecule has 2 saturated carbocycles. The van der Waals surface area contributed by atoms with E-state index in [9.17, 15) is 0 Å². The highest BCUT2D eigenvalue weighted by atomic mass is 16.5. The highest BCUT2D eigenvalue weighted by molar-refractivity contribution is 5.36. The highest BCUT2D eigenvalue weighted by Crippen LogP contribution is 2.44. The third-order valence-electron chi connectivity index (χ3n) is 3.75. The Morgan fingerprint density at radius 2 is 1.94 bits per heavy atom. The summed E-state index contributed by atoms with van der Waals surface area (Å²) >= 11 is 0. The van der Waals surface area contributed by atoms with Gasteiger partial charge in [-0.05, 0) is 38.0 Å². The van der Waals surface area contributed by atoms with E-state index in [2.05, 4.69) is 23.8 Å². The number of ether oxygens (including phenoxy) is 1. The lowest BCUT2D eigenvalue weighted by Crippen LogP contribution is -2.26. The molecule has 0 aliphatic heterocycles. The summed E-state index contributed by atoms with van der Waals surface area (Å²) in [4.78, 5) is 8.84. The predicted octanol–water partition coefficient (Wildman–Crippen LogP) is 3.41. The Morgan fingerprint density at radius 1 is 1.18 bits per heavy atom. The lowest BCUT2D eigenvalue weighted by molar-refractivity contribution is 0.112. The van der Waals surface area contributed by atoms with Crippen LogP contribution in [0, 0.1) is 0 Å². The second-order valence-electron chi connectivity index (χ2n) is 5.58. The van der Waals surface area contributed by atoms with Gasteiger partial charge in [0.2, 0.25) is 5.88 Å². The van der Waals surface area contributed by atoms with Crippen LogP contribution in [0.4, 0.5) is 0 Å². The summed E-state index contributed by atoms with van der Waals surface area (Å²) in [6.07, 6.45) is 8.28. The van der Waals surface area contributed by atoms with Gasteiger partial charge in [0.15, 0.2) is 0 Å². The lowest BCUT2D eigenvalue weighted by atomic mass is 9.95. The molecule has 0 aromatic carbocycles. The fourth-order valence-electron chi connectivity index (χ4n) is 2.36. The molecule has 3 nitrogen and oxygen atoms in total. The number of hydrogen-bond donors (Lipinski definition) is 0. The van der Waals surface area contributed by atoms with Gasteiger partial charge in [-0.1, -0.05) is 13.8 Å². The summed E-state index contributed by atoms with van der Waals surface area (Å²) < 4.78 is 6.01. The minimum Gasteiger partial charge on any atom is -0.474 e. The van der Waals surface area contributed by atoms with Crippen LogP contribution in [-0.4, -0.2) is 16.1 Å². The van der Waals surface area contributed by atoms with E-state index in [0.29, 0.717) is 17.9 Å². The average Bonchev–Trinajstić information content (AvgIpc) is 3.06. The molecule has 3 rings (SSSR count). The molecule has 0 saturated heterocycles. The van der Waals surface area contributed by atoms with E-state index in [0.717, 1.165) is 5.88 Å². The molecule has 0 amide bonds. The summed E-state index contributed by atoms with van der Waals surface area (Å²) in [5, 5.41) is 0. The van der Waals surface area contributed by atoms with E-state index >= 15 is 0 Å². The minimum absolute atomic E-state index is 0.398. The predicted molar refractivity (Wildman–Crippen MR) is 66.4 cm³/mol.